The molecule has 0 spiro atoms. The number of carbonyl (C=O) groups is 2. The van der Waals surface area contributed by atoms with Gasteiger partial charge in [0.1, 0.15) is 5.82 Å². The highest BCUT2D eigenvalue weighted by Gasteiger charge is 2.10. The molecule has 136 valence electrons. The van der Waals surface area contributed by atoms with E-state index in [0.717, 1.165) is 27.5 Å². The number of hydrogen-bond donors (Lipinski definition) is 4. The fourth-order valence-electron chi connectivity index (χ4n) is 3.07. The van der Waals surface area contributed by atoms with Crippen molar-refractivity contribution in [3.63, 3.8) is 0 Å². The summed E-state index contributed by atoms with van der Waals surface area (Å²) in [6.45, 7) is 0. The Hall–Kier alpha value is -3.61. The molecule has 0 fully saturated rings. The maximum absolute atomic E-state index is 12.0. The molecule has 2 aromatic carbocycles. The average molecular weight is 361 g/mol. The first kappa shape index (κ1) is 16.8. The summed E-state index contributed by atoms with van der Waals surface area (Å²) in [5.74, 6) is -0.00511. The van der Waals surface area contributed by atoms with Gasteiger partial charge in [-0.3, -0.25) is 20.4 Å². The number of carbonyl (C=O) groups excluding carboxylic acids is 2. The van der Waals surface area contributed by atoms with Crippen LogP contribution in [0.3, 0.4) is 0 Å². The Balaban J connectivity index is 1.26. The largest absolute Gasteiger partial charge is 0.361 e. The molecule has 0 aliphatic carbocycles. The number of H-pyrrole nitrogens is 2. The second-order valence-electron chi connectivity index (χ2n) is 6.33. The molecule has 27 heavy (non-hydrogen) atoms. The number of imidazole rings is 1. The molecule has 0 saturated heterocycles. The van der Waals surface area contributed by atoms with E-state index in [1.165, 1.54) is 0 Å². The number of aryl methyl sites for hydroxylation is 1. The highest BCUT2D eigenvalue weighted by molar-refractivity contribution is 5.85. The number of aromatic nitrogens is 3. The minimum absolute atomic E-state index is 0.0669. The van der Waals surface area contributed by atoms with Crippen molar-refractivity contribution in [1.29, 1.82) is 0 Å². The van der Waals surface area contributed by atoms with Crippen LogP contribution in [0, 0.1) is 0 Å². The molecule has 0 radical (unpaired) electrons. The van der Waals surface area contributed by atoms with Gasteiger partial charge in [0.15, 0.2) is 0 Å². The van der Waals surface area contributed by atoms with Crippen molar-refractivity contribution in [1.82, 2.24) is 25.8 Å². The smallest absolute Gasteiger partial charge is 0.245 e. The summed E-state index contributed by atoms with van der Waals surface area (Å²) < 4.78 is 0. The number of hydrazine groups is 1. The van der Waals surface area contributed by atoms with Crippen LogP contribution in [0.5, 0.6) is 0 Å². The van der Waals surface area contributed by atoms with Crippen molar-refractivity contribution in [3.8, 4) is 0 Å². The van der Waals surface area contributed by atoms with Crippen molar-refractivity contribution >= 4 is 33.8 Å². The molecule has 0 aliphatic rings. The molecule has 0 unspecified atom stereocenters. The quantitative estimate of drug-likeness (QED) is 0.410. The van der Waals surface area contributed by atoms with E-state index in [2.05, 4.69) is 25.8 Å². The number of fused-ring (bicyclic) bond motifs is 2. The number of hydrogen-bond acceptors (Lipinski definition) is 3. The Morgan fingerprint density at radius 2 is 1.67 bits per heavy atom. The van der Waals surface area contributed by atoms with E-state index in [-0.39, 0.29) is 24.7 Å². The second kappa shape index (κ2) is 7.33. The van der Waals surface area contributed by atoms with Crippen LogP contribution >= 0.6 is 0 Å². The third-order valence-electron chi connectivity index (χ3n) is 4.40. The maximum atomic E-state index is 12.0. The van der Waals surface area contributed by atoms with Crippen LogP contribution in [0.1, 0.15) is 17.8 Å². The average Bonchev–Trinajstić information content (AvgIpc) is 3.28. The maximum Gasteiger partial charge on any atom is 0.245 e. The monoisotopic (exact) mass is 361 g/mol. The summed E-state index contributed by atoms with van der Waals surface area (Å²) in [4.78, 5) is 34.6. The molecular formula is C20H19N5O2. The molecule has 2 amide bonds. The van der Waals surface area contributed by atoms with E-state index >= 15 is 0 Å². The van der Waals surface area contributed by atoms with E-state index in [0.29, 0.717) is 12.2 Å². The number of rotatable bonds is 5. The second-order valence-corrected chi connectivity index (χ2v) is 6.33. The van der Waals surface area contributed by atoms with E-state index in [1.54, 1.807) is 0 Å². The van der Waals surface area contributed by atoms with E-state index < -0.39 is 0 Å². The summed E-state index contributed by atoms with van der Waals surface area (Å²) in [5, 5.41) is 1.11. The highest BCUT2D eigenvalue weighted by atomic mass is 16.2. The van der Waals surface area contributed by atoms with Crippen LogP contribution in [0.25, 0.3) is 21.9 Å². The topological polar surface area (TPSA) is 103 Å². The van der Waals surface area contributed by atoms with Crippen LogP contribution < -0.4 is 10.9 Å². The van der Waals surface area contributed by atoms with Crippen molar-refractivity contribution in [2.24, 2.45) is 0 Å². The minimum atomic E-state index is -0.325. The van der Waals surface area contributed by atoms with Crippen LogP contribution in [-0.2, 0) is 22.4 Å². The lowest BCUT2D eigenvalue weighted by Gasteiger charge is -2.06. The molecule has 0 aliphatic heterocycles. The first-order chi connectivity index (χ1) is 13.2. The standard InChI is InChI=1S/C20H19N5O2/c26-19(10-9-13-12-21-15-6-2-1-5-14(13)15)24-25-20(27)11-18-22-16-7-3-4-8-17(16)23-18/h1-8,12,21H,9-11H2,(H,22,23)(H,24,26)(H,25,27). The highest BCUT2D eigenvalue weighted by Crippen LogP contribution is 2.18. The van der Waals surface area contributed by atoms with E-state index in [1.807, 2.05) is 54.7 Å². The number of amides is 2. The normalized spacial score (nSPS) is 11.0. The van der Waals surface area contributed by atoms with Crippen LogP contribution in [-0.4, -0.2) is 26.8 Å². The van der Waals surface area contributed by atoms with Crippen molar-refractivity contribution in [3.05, 3.63) is 66.1 Å². The van der Waals surface area contributed by atoms with Gasteiger partial charge in [-0.2, -0.15) is 0 Å². The predicted octanol–water partition coefficient (Wildman–Crippen LogP) is 2.37. The van der Waals surface area contributed by atoms with Gasteiger partial charge in [0, 0.05) is 23.5 Å². The third-order valence-corrected chi connectivity index (χ3v) is 4.40. The summed E-state index contributed by atoms with van der Waals surface area (Å²) in [5.41, 5.74) is 8.71. The third kappa shape index (κ3) is 3.82. The lowest BCUT2D eigenvalue weighted by atomic mass is 10.1. The molecule has 2 aromatic heterocycles. The van der Waals surface area contributed by atoms with Crippen LogP contribution in [0.15, 0.2) is 54.7 Å². The molecule has 7 heteroatoms. The van der Waals surface area contributed by atoms with Crippen molar-refractivity contribution in [2.75, 3.05) is 0 Å². The minimum Gasteiger partial charge on any atom is -0.361 e. The number of nitrogens with zero attached hydrogens (tertiary/aromatic N) is 1. The fourth-order valence-corrected chi connectivity index (χ4v) is 3.07. The van der Waals surface area contributed by atoms with Gasteiger partial charge >= 0.3 is 0 Å². The fraction of sp³-hybridized carbons (Fsp3) is 0.150. The Morgan fingerprint density at radius 3 is 2.52 bits per heavy atom. The molecule has 0 saturated carbocycles. The Kier molecular flexibility index (Phi) is 4.57. The summed E-state index contributed by atoms with van der Waals surface area (Å²) in [6, 6.07) is 15.5. The summed E-state index contributed by atoms with van der Waals surface area (Å²) >= 11 is 0. The summed E-state index contributed by atoms with van der Waals surface area (Å²) in [7, 11) is 0. The lowest BCUT2D eigenvalue weighted by molar-refractivity contribution is -0.128. The van der Waals surface area contributed by atoms with Gasteiger partial charge in [0.05, 0.1) is 17.5 Å². The molecule has 7 nitrogen and oxygen atoms in total. The lowest BCUT2D eigenvalue weighted by Crippen LogP contribution is -2.42. The van der Waals surface area contributed by atoms with Gasteiger partial charge in [-0.15, -0.1) is 0 Å². The SMILES string of the molecule is O=C(CCc1c[nH]c2ccccc12)NNC(=O)Cc1nc2ccccc2[nH]1. The van der Waals surface area contributed by atoms with Gasteiger partial charge in [0.25, 0.3) is 0 Å². The zero-order valence-electron chi connectivity index (χ0n) is 14.6. The first-order valence-corrected chi connectivity index (χ1v) is 8.75. The molecule has 0 bridgehead atoms. The predicted molar refractivity (Wildman–Crippen MR) is 103 cm³/mol. The van der Waals surface area contributed by atoms with Gasteiger partial charge in [-0.05, 0) is 30.2 Å². The van der Waals surface area contributed by atoms with Crippen LogP contribution in [0.4, 0.5) is 0 Å². The van der Waals surface area contributed by atoms with Gasteiger partial charge in [0.2, 0.25) is 11.8 Å². The number of para-hydroxylation sites is 3. The first-order valence-electron chi connectivity index (χ1n) is 8.75. The van der Waals surface area contributed by atoms with Gasteiger partial charge in [-0.25, -0.2) is 4.98 Å². The molecular weight excluding hydrogens is 342 g/mol. The van der Waals surface area contributed by atoms with E-state index in [4.69, 9.17) is 0 Å². The van der Waals surface area contributed by atoms with E-state index in [9.17, 15) is 9.59 Å². The van der Waals surface area contributed by atoms with Crippen molar-refractivity contribution < 1.29 is 9.59 Å². The zero-order valence-corrected chi connectivity index (χ0v) is 14.6. The Labute approximate surface area is 155 Å². The summed E-state index contributed by atoms with van der Waals surface area (Å²) in [6.07, 6.45) is 2.86. The Bertz CT molecular complexity index is 1080. The molecule has 4 rings (SSSR count). The molecule has 4 aromatic rings. The Morgan fingerprint density at radius 1 is 0.926 bits per heavy atom. The van der Waals surface area contributed by atoms with Crippen LogP contribution in [0.2, 0.25) is 0 Å². The van der Waals surface area contributed by atoms with Gasteiger partial charge < -0.3 is 9.97 Å². The molecule has 4 N–H and O–H groups in total. The molecule has 2 heterocycles. The van der Waals surface area contributed by atoms with Crippen molar-refractivity contribution in [2.45, 2.75) is 19.3 Å². The number of benzene rings is 2. The molecule has 0 atom stereocenters. The van der Waals surface area contributed by atoms with Gasteiger partial charge in [-0.1, -0.05) is 30.3 Å². The number of aromatic amines is 2. The number of nitrogens with one attached hydrogen (secondary N) is 4. The zero-order chi connectivity index (χ0) is 18.6.